The Morgan fingerprint density at radius 3 is 2.76 bits per heavy atom. The van der Waals surface area contributed by atoms with E-state index in [0.29, 0.717) is 12.6 Å². The minimum absolute atomic E-state index is 0.0738. The second kappa shape index (κ2) is 5.32. The number of nitrogens with one attached hydrogen (secondary N) is 2. The smallest absolute Gasteiger partial charge is 0.234 e. The van der Waals surface area contributed by atoms with E-state index in [1.54, 1.807) is 0 Å². The summed E-state index contributed by atoms with van der Waals surface area (Å²) in [6.07, 6.45) is 2.42. The lowest BCUT2D eigenvalue weighted by Crippen LogP contribution is -2.36. The van der Waals surface area contributed by atoms with E-state index in [4.69, 9.17) is 0 Å². The van der Waals surface area contributed by atoms with Crippen LogP contribution in [0.25, 0.3) is 0 Å². The van der Waals surface area contributed by atoms with Crippen molar-refractivity contribution in [3.05, 3.63) is 35.4 Å². The standard InChI is InChI=1S/C14H20N2O/c1-10-5-3-4-6-13(10)11(2)16-14(17)9-15-12-7-8-12/h3-6,11-12,15H,7-9H2,1-2H3,(H,16,17)/t11-/m1/s1. The lowest BCUT2D eigenvalue weighted by Gasteiger charge is -2.16. The van der Waals surface area contributed by atoms with E-state index in [-0.39, 0.29) is 11.9 Å². The van der Waals surface area contributed by atoms with Gasteiger partial charge in [-0.1, -0.05) is 24.3 Å². The highest BCUT2D eigenvalue weighted by molar-refractivity contribution is 5.78. The number of hydrogen-bond donors (Lipinski definition) is 2. The number of benzene rings is 1. The molecule has 3 heteroatoms. The van der Waals surface area contributed by atoms with E-state index in [9.17, 15) is 4.79 Å². The van der Waals surface area contributed by atoms with E-state index in [0.717, 1.165) is 0 Å². The zero-order valence-corrected chi connectivity index (χ0v) is 10.5. The molecule has 1 aromatic rings. The first-order valence-electron chi connectivity index (χ1n) is 6.25. The van der Waals surface area contributed by atoms with Crippen molar-refractivity contribution in [2.45, 2.75) is 38.8 Å². The van der Waals surface area contributed by atoms with E-state index < -0.39 is 0 Å². The molecule has 0 unspecified atom stereocenters. The molecule has 2 N–H and O–H groups in total. The van der Waals surface area contributed by atoms with Crippen LogP contribution in [-0.2, 0) is 4.79 Å². The highest BCUT2D eigenvalue weighted by atomic mass is 16.1. The van der Waals surface area contributed by atoms with Crippen LogP contribution in [0.2, 0.25) is 0 Å². The maximum atomic E-state index is 11.7. The molecule has 1 fully saturated rings. The molecule has 0 bridgehead atoms. The molecule has 17 heavy (non-hydrogen) atoms. The molecule has 1 aromatic carbocycles. The van der Waals surface area contributed by atoms with Gasteiger partial charge in [0.05, 0.1) is 12.6 Å². The minimum atomic E-state index is 0.0738. The Hall–Kier alpha value is -1.35. The van der Waals surface area contributed by atoms with Crippen molar-refractivity contribution >= 4 is 5.91 Å². The zero-order valence-electron chi connectivity index (χ0n) is 10.5. The molecular weight excluding hydrogens is 212 g/mol. The summed E-state index contributed by atoms with van der Waals surface area (Å²) >= 11 is 0. The number of rotatable bonds is 5. The van der Waals surface area contributed by atoms with Crippen LogP contribution < -0.4 is 10.6 Å². The summed E-state index contributed by atoms with van der Waals surface area (Å²) in [5.41, 5.74) is 2.41. The monoisotopic (exact) mass is 232 g/mol. The van der Waals surface area contributed by atoms with Gasteiger partial charge in [0, 0.05) is 6.04 Å². The molecule has 0 aliphatic heterocycles. The van der Waals surface area contributed by atoms with Gasteiger partial charge in [0.2, 0.25) is 5.91 Å². The van der Waals surface area contributed by atoms with E-state index in [1.165, 1.54) is 24.0 Å². The topological polar surface area (TPSA) is 41.1 Å². The third kappa shape index (κ3) is 3.56. The Kier molecular flexibility index (Phi) is 3.79. The van der Waals surface area contributed by atoms with Crippen LogP contribution in [0.3, 0.4) is 0 Å². The summed E-state index contributed by atoms with van der Waals surface area (Å²) in [7, 11) is 0. The number of hydrogen-bond acceptors (Lipinski definition) is 2. The fraction of sp³-hybridized carbons (Fsp3) is 0.500. The molecule has 1 aliphatic rings. The summed E-state index contributed by atoms with van der Waals surface area (Å²) in [4.78, 5) is 11.7. The van der Waals surface area contributed by atoms with Gasteiger partial charge in [-0.3, -0.25) is 4.79 Å². The van der Waals surface area contributed by atoms with Gasteiger partial charge in [-0.05, 0) is 37.8 Å². The molecule has 0 saturated heterocycles. The van der Waals surface area contributed by atoms with Gasteiger partial charge in [0.25, 0.3) is 0 Å². The van der Waals surface area contributed by atoms with Crippen molar-refractivity contribution in [2.24, 2.45) is 0 Å². The second-order valence-electron chi connectivity index (χ2n) is 4.80. The van der Waals surface area contributed by atoms with Crippen LogP contribution in [0.5, 0.6) is 0 Å². The van der Waals surface area contributed by atoms with Gasteiger partial charge in [0.1, 0.15) is 0 Å². The highest BCUT2D eigenvalue weighted by Gasteiger charge is 2.21. The lowest BCUT2D eigenvalue weighted by atomic mass is 10.0. The molecule has 1 atom stereocenters. The van der Waals surface area contributed by atoms with Crippen molar-refractivity contribution in [2.75, 3.05) is 6.54 Å². The van der Waals surface area contributed by atoms with Crippen LogP contribution in [-0.4, -0.2) is 18.5 Å². The number of amides is 1. The van der Waals surface area contributed by atoms with Crippen molar-refractivity contribution < 1.29 is 4.79 Å². The molecule has 0 spiro atoms. The van der Waals surface area contributed by atoms with E-state index in [2.05, 4.69) is 29.7 Å². The van der Waals surface area contributed by atoms with Crippen molar-refractivity contribution in [1.82, 2.24) is 10.6 Å². The van der Waals surface area contributed by atoms with Crippen molar-refractivity contribution in [1.29, 1.82) is 0 Å². The number of aryl methyl sites for hydroxylation is 1. The Balaban J connectivity index is 1.85. The van der Waals surface area contributed by atoms with Gasteiger partial charge in [0.15, 0.2) is 0 Å². The second-order valence-corrected chi connectivity index (χ2v) is 4.80. The van der Waals surface area contributed by atoms with Crippen LogP contribution in [0, 0.1) is 6.92 Å². The third-order valence-electron chi connectivity index (χ3n) is 3.16. The maximum absolute atomic E-state index is 11.7. The molecule has 0 aromatic heterocycles. The first-order valence-corrected chi connectivity index (χ1v) is 6.25. The highest BCUT2D eigenvalue weighted by Crippen LogP contribution is 2.18. The Labute approximate surface area is 103 Å². The average molecular weight is 232 g/mol. The molecule has 0 radical (unpaired) electrons. The van der Waals surface area contributed by atoms with Gasteiger partial charge in [-0.2, -0.15) is 0 Å². The molecule has 1 saturated carbocycles. The van der Waals surface area contributed by atoms with Gasteiger partial charge in [-0.25, -0.2) is 0 Å². The van der Waals surface area contributed by atoms with Gasteiger partial charge < -0.3 is 10.6 Å². The van der Waals surface area contributed by atoms with Crippen molar-refractivity contribution in [3.8, 4) is 0 Å². The first kappa shape index (κ1) is 12.1. The molecule has 1 aliphatic carbocycles. The summed E-state index contributed by atoms with van der Waals surface area (Å²) < 4.78 is 0. The minimum Gasteiger partial charge on any atom is -0.348 e. The van der Waals surface area contributed by atoms with Gasteiger partial charge >= 0.3 is 0 Å². The largest absolute Gasteiger partial charge is 0.348 e. The predicted molar refractivity (Wildman–Crippen MR) is 68.8 cm³/mol. The molecule has 3 nitrogen and oxygen atoms in total. The average Bonchev–Trinajstić information content (AvgIpc) is 3.10. The summed E-state index contributed by atoms with van der Waals surface area (Å²) in [6.45, 7) is 4.53. The normalized spacial score (nSPS) is 16.6. The molecule has 0 heterocycles. The van der Waals surface area contributed by atoms with Crippen LogP contribution in [0.4, 0.5) is 0 Å². The number of carbonyl (C=O) groups excluding carboxylic acids is 1. The maximum Gasteiger partial charge on any atom is 0.234 e. The zero-order chi connectivity index (χ0) is 12.3. The van der Waals surface area contributed by atoms with Crippen LogP contribution >= 0.6 is 0 Å². The third-order valence-corrected chi connectivity index (χ3v) is 3.16. The van der Waals surface area contributed by atoms with Crippen LogP contribution in [0.15, 0.2) is 24.3 Å². The fourth-order valence-electron chi connectivity index (χ4n) is 1.97. The van der Waals surface area contributed by atoms with Gasteiger partial charge in [-0.15, -0.1) is 0 Å². The van der Waals surface area contributed by atoms with E-state index in [1.807, 2.05) is 19.1 Å². The summed E-state index contributed by atoms with van der Waals surface area (Å²) in [5.74, 6) is 0.0765. The van der Waals surface area contributed by atoms with E-state index >= 15 is 0 Å². The van der Waals surface area contributed by atoms with Crippen molar-refractivity contribution in [3.63, 3.8) is 0 Å². The number of carbonyl (C=O) groups is 1. The Morgan fingerprint density at radius 1 is 1.41 bits per heavy atom. The predicted octanol–water partition coefficient (Wildman–Crippen LogP) is 1.92. The van der Waals surface area contributed by atoms with Crippen LogP contribution in [0.1, 0.15) is 36.9 Å². The molecular formula is C14H20N2O. The quantitative estimate of drug-likeness (QED) is 0.814. The SMILES string of the molecule is Cc1ccccc1[C@@H](C)NC(=O)CNC1CC1. The lowest BCUT2D eigenvalue weighted by molar-refractivity contribution is -0.120. The summed E-state index contributed by atoms with van der Waals surface area (Å²) in [6, 6.07) is 8.81. The Morgan fingerprint density at radius 2 is 2.12 bits per heavy atom. The molecule has 2 rings (SSSR count). The first-order chi connectivity index (χ1) is 8.16. The fourth-order valence-corrected chi connectivity index (χ4v) is 1.97. The summed E-state index contributed by atoms with van der Waals surface area (Å²) in [5, 5.41) is 6.23. The molecule has 1 amide bonds. The Bertz CT molecular complexity index is 399. The molecule has 92 valence electrons.